The summed E-state index contributed by atoms with van der Waals surface area (Å²) >= 11 is 1.55. The summed E-state index contributed by atoms with van der Waals surface area (Å²) < 4.78 is 5.06. The Bertz CT molecular complexity index is 547. The van der Waals surface area contributed by atoms with E-state index >= 15 is 0 Å². The second kappa shape index (κ2) is 9.25. The van der Waals surface area contributed by atoms with E-state index < -0.39 is 18.1 Å². The van der Waals surface area contributed by atoms with Crippen LogP contribution in [0.3, 0.4) is 0 Å². The zero-order valence-corrected chi connectivity index (χ0v) is 13.6. The highest BCUT2D eigenvalue weighted by molar-refractivity contribution is 8.00. The van der Waals surface area contributed by atoms with Gasteiger partial charge in [-0.05, 0) is 24.8 Å². The molecule has 0 aliphatic heterocycles. The second-order valence-electron chi connectivity index (χ2n) is 5.33. The van der Waals surface area contributed by atoms with Crippen molar-refractivity contribution in [3.8, 4) is 0 Å². The second-order valence-corrected chi connectivity index (χ2v) is 6.60. The number of ether oxygens (including phenoxy) is 1. The van der Waals surface area contributed by atoms with Crippen LogP contribution in [0.5, 0.6) is 0 Å². The minimum atomic E-state index is -1.05. The maximum atomic E-state index is 11.8. The third kappa shape index (κ3) is 6.36. The number of aliphatic carboxylic acids is 1. The van der Waals surface area contributed by atoms with Crippen LogP contribution in [-0.4, -0.2) is 34.2 Å². The topological polar surface area (TPSA) is 75.6 Å². The van der Waals surface area contributed by atoms with E-state index in [-0.39, 0.29) is 6.61 Å². The lowest BCUT2D eigenvalue weighted by Gasteiger charge is -2.19. The number of carbonyl (C=O) groups excluding carboxylic acids is 1. The summed E-state index contributed by atoms with van der Waals surface area (Å²) in [6.45, 7) is 0.123. The van der Waals surface area contributed by atoms with E-state index in [0.29, 0.717) is 11.0 Å². The van der Waals surface area contributed by atoms with Crippen molar-refractivity contribution < 1.29 is 19.4 Å². The lowest BCUT2D eigenvalue weighted by atomic mass is 10.1. The van der Waals surface area contributed by atoms with E-state index in [1.807, 2.05) is 30.3 Å². The third-order valence-electron chi connectivity index (χ3n) is 3.49. The van der Waals surface area contributed by atoms with Gasteiger partial charge in [-0.3, -0.25) is 0 Å². The lowest BCUT2D eigenvalue weighted by molar-refractivity contribution is -0.138. The molecular weight excluding hydrogens is 314 g/mol. The van der Waals surface area contributed by atoms with Crippen LogP contribution in [0.15, 0.2) is 42.5 Å². The zero-order chi connectivity index (χ0) is 16.5. The predicted octanol–water partition coefficient (Wildman–Crippen LogP) is 3.21. The first-order chi connectivity index (χ1) is 11.1. The Morgan fingerprint density at radius 1 is 1.35 bits per heavy atom. The fourth-order valence-electron chi connectivity index (χ4n) is 2.22. The van der Waals surface area contributed by atoms with Crippen LogP contribution in [0.4, 0.5) is 4.79 Å². The average Bonchev–Trinajstić information content (AvgIpc) is 2.58. The van der Waals surface area contributed by atoms with E-state index in [2.05, 4.69) is 17.5 Å². The SMILES string of the molecule is O=C(NC(CSC1C=CCCC1)C(=O)O)OCc1ccccc1. The lowest BCUT2D eigenvalue weighted by Crippen LogP contribution is -2.43. The molecule has 1 aliphatic rings. The molecule has 23 heavy (non-hydrogen) atoms. The van der Waals surface area contributed by atoms with Gasteiger partial charge in [0.15, 0.2) is 0 Å². The van der Waals surface area contributed by atoms with Gasteiger partial charge in [-0.25, -0.2) is 9.59 Å². The number of carbonyl (C=O) groups is 2. The zero-order valence-electron chi connectivity index (χ0n) is 12.8. The van der Waals surface area contributed by atoms with Crippen molar-refractivity contribution in [2.45, 2.75) is 37.2 Å². The number of amides is 1. The standard InChI is InChI=1S/C17H21NO4S/c19-16(20)15(12-23-14-9-5-2-6-10-14)18-17(21)22-11-13-7-3-1-4-8-13/h1,3-5,7-9,14-15H,2,6,10-12H2,(H,18,21)(H,19,20). The number of hydrogen-bond donors (Lipinski definition) is 2. The van der Waals surface area contributed by atoms with Crippen molar-refractivity contribution in [1.82, 2.24) is 5.32 Å². The number of thioether (sulfide) groups is 1. The monoisotopic (exact) mass is 335 g/mol. The van der Waals surface area contributed by atoms with Gasteiger partial charge in [0.05, 0.1) is 0 Å². The Morgan fingerprint density at radius 2 is 2.13 bits per heavy atom. The van der Waals surface area contributed by atoms with E-state index in [0.717, 1.165) is 24.8 Å². The van der Waals surface area contributed by atoms with Gasteiger partial charge in [-0.15, -0.1) is 0 Å². The quantitative estimate of drug-likeness (QED) is 0.748. The first-order valence-corrected chi connectivity index (χ1v) is 8.68. The third-order valence-corrected chi connectivity index (χ3v) is 4.84. The van der Waals surface area contributed by atoms with Gasteiger partial charge < -0.3 is 15.2 Å². The molecule has 0 saturated carbocycles. The van der Waals surface area contributed by atoms with Gasteiger partial charge >= 0.3 is 12.1 Å². The number of alkyl carbamates (subject to hydrolysis) is 1. The Balaban J connectivity index is 1.76. The van der Waals surface area contributed by atoms with Crippen LogP contribution >= 0.6 is 11.8 Å². The first kappa shape index (κ1) is 17.4. The van der Waals surface area contributed by atoms with Crippen molar-refractivity contribution in [3.63, 3.8) is 0 Å². The van der Waals surface area contributed by atoms with Crippen molar-refractivity contribution >= 4 is 23.8 Å². The van der Waals surface area contributed by atoms with Crippen LogP contribution in [-0.2, 0) is 16.1 Å². The van der Waals surface area contributed by atoms with Crippen molar-refractivity contribution in [2.24, 2.45) is 0 Å². The molecule has 2 N–H and O–H groups in total. The number of rotatable bonds is 7. The molecule has 0 saturated heterocycles. The molecule has 5 nitrogen and oxygen atoms in total. The van der Waals surface area contributed by atoms with E-state index in [1.165, 1.54) is 0 Å². The summed E-state index contributed by atoms with van der Waals surface area (Å²) in [6.07, 6.45) is 6.79. The molecule has 0 aromatic heterocycles. The molecule has 0 heterocycles. The van der Waals surface area contributed by atoms with Gasteiger partial charge in [0.2, 0.25) is 0 Å². The molecule has 6 heteroatoms. The maximum Gasteiger partial charge on any atom is 0.408 e. The molecule has 0 radical (unpaired) electrons. The van der Waals surface area contributed by atoms with Gasteiger partial charge in [0, 0.05) is 11.0 Å². The smallest absolute Gasteiger partial charge is 0.408 e. The molecule has 0 bridgehead atoms. The number of nitrogens with one attached hydrogen (secondary N) is 1. The van der Waals surface area contributed by atoms with Crippen LogP contribution in [0.2, 0.25) is 0 Å². The minimum Gasteiger partial charge on any atom is -0.480 e. The molecule has 2 unspecified atom stereocenters. The Kier molecular flexibility index (Phi) is 7.00. The largest absolute Gasteiger partial charge is 0.480 e. The van der Waals surface area contributed by atoms with E-state index in [4.69, 9.17) is 4.74 Å². The number of benzene rings is 1. The maximum absolute atomic E-state index is 11.8. The molecule has 124 valence electrons. The molecule has 0 fully saturated rings. The van der Waals surface area contributed by atoms with Crippen molar-refractivity contribution in [1.29, 1.82) is 0 Å². The fraction of sp³-hybridized carbons (Fsp3) is 0.412. The van der Waals surface area contributed by atoms with Crippen LogP contribution in [0, 0.1) is 0 Å². The number of allylic oxidation sites excluding steroid dienone is 1. The first-order valence-electron chi connectivity index (χ1n) is 7.63. The molecule has 1 aromatic carbocycles. The number of hydrogen-bond acceptors (Lipinski definition) is 4. The van der Waals surface area contributed by atoms with E-state index in [9.17, 15) is 14.7 Å². The Hall–Kier alpha value is -1.95. The highest BCUT2D eigenvalue weighted by Crippen LogP contribution is 2.23. The summed E-state index contributed by atoms with van der Waals surface area (Å²) in [6, 6.07) is 8.32. The molecule has 2 rings (SSSR count). The predicted molar refractivity (Wildman–Crippen MR) is 90.4 cm³/mol. The molecule has 0 spiro atoms. The number of carboxylic acids is 1. The average molecular weight is 335 g/mol. The molecule has 1 amide bonds. The van der Waals surface area contributed by atoms with Gasteiger partial charge in [0.1, 0.15) is 12.6 Å². The van der Waals surface area contributed by atoms with Crippen LogP contribution in [0.25, 0.3) is 0 Å². The highest BCUT2D eigenvalue weighted by atomic mass is 32.2. The fourth-order valence-corrected chi connectivity index (χ4v) is 3.44. The van der Waals surface area contributed by atoms with Crippen LogP contribution < -0.4 is 5.32 Å². The highest BCUT2D eigenvalue weighted by Gasteiger charge is 2.22. The Morgan fingerprint density at radius 3 is 2.78 bits per heavy atom. The molecular formula is C17H21NO4S. The normalized spacial score (nSPS) is 18.2. The summed E-state index contributed by atoms with van der Waals surface area (Å²) in [4.78, 5) is 23.0. The van der Waals surface area contributed by atoms with Gasteiger partial charge in [-0.1, -0.05) is 42.5 Å². The summed E-state index contributed by atoms with van der Waals surface area (Å²) in [5, 5.41) is 12.0. The van der Waals surface area contributed by atoms with Crippen molar-refractivity contribution in [2.75, 3.05) is 5.75 Å². The Labute approximate surface area is 140 Å². The van der Waals surface area contributed by atoms with Gasteiger partial charge in [-0.2, -0.15) is 11.8 Å². The number of carboxylic acid groups (broad SMARTS) is 1. The molecule has 1 aliphatic carbocycles. The van der Waals surface area contributed by atoms with Gasteiger partial charge in [0.25, 0.3) is 0 Å². The van der Waals surface area contributed by atoms with Crippen molar-refractivity contribution in [3.05, 3.63) is 48.0 Å². The summed E-state index contributed by atoms with van der Waals surface area (Å²) in [5.74, 6) is -0.723. The summed E-state index contributed by atoms with van der Waals surface area (Å²) in [7, 11) is 0. The molecule has 2 atom stereocenters. The van der Waals surface area contributed by atoms with Crippen LogP contribution in [0.1, 0.15) is 24.8 Å². The van der Waals surface area contributed by atoms with E-state index in [1.54, 1.807) is 11.8 Å². The minimum absolute atomic E-state index is 0.123. The molecule has 1 aromatic rings. The summed E-state index contributed by atoms with van der Waals surface area (Å²) in [5.41, 5.74) is 0.858.